The van der Waals surface area contributed by atoms with E-state index >= 15 is 0 Å². The standard InChI is InChI=1S/C17H18N4O/c1-14(12-20-11-8-18-13-20)19-17(22)15-4-6-16(7-5-15)21-9-2-3-10-21/h2-11,13-14H,12H2,1H3,(H,19,22)/t14-/m1/s1. The minimum absolute atomic E-state index is 0.0332. The van der Waals surface area contributed by atoms with E-state index in [1.807, 2.05) is 71.0 Å². The molecule has 1 aromatic carbocycles. The third kappa shape index (κ3) is 3.25. The lowest BCUT2D eigenvalue weighted by molar-refractivity contribution is 0.0936. The van der Waals surface area contributed by atoms with Crippen LogP contribution in [0.2, 0.25) is 0 Å². The van der Waals surface area contributed by atoms with Crippen LogP contribution in [0.1, 0.15) is 17.3 Å². The first-order chi connectivity index (χ1) is 10.7. The van der Waals surface area contributed by atoms with E-state index in [1.165, 1.54) is 0 Å². The summed E-state index contributed by atoms with van der Waals surface area (Å²) in [6.07, 6.45) is 9.31. The van der Waals surface area contributed by atoms with Gasteiger partial charge in [0.1, 0.15) is 0 Å². The quantitative estimate of drug-likeness (QED) is 0.786. The van der Waals surface area contributed by atoms with Gasteiger partial charge in [0.05, 0.1) is 6.33 Å². The van der Waals surface area contributed by atoms with Crippen molar-refractivity contribution in [2.45, 2.75) is 19.5 Å². The molecule has 0 bridgehead atoms. The highest BCUT2D eigenvalue weighted by Gasteiger charge is 2.10. The fourth-order valence-corrected chi connectivity index (χ4v) is 2.36. The lowest BCUT2D eigenvalue weighted by atomic mass is 10.2. The molecule has 0 saturated heterocycles. The van der Waals surface area contributed by atoms with E-state index in [-0.39, 0.29) is 11.9 Å². The average Bonchev–Trinajstić information content (AvgIpc) is 3.20. The zero-order valence-corrected chi connectivity index (χ0v) is 12.4. The van der Waals surface area contributed by atoms with Crippen molar-refractivity contribution in [3.8, 4) is 5.69 Å². The van der Waals surface area contributed by atoms with Crippen molar-refractivity contribution in [1.29, 1.82) is 0 Å². The number of benzene rings is 1. The van der Waals surface area contributed by atoms with Crippen LogP contribution in [0.25, 0.3) is 5.69 Å². The Morgan fingerprint density at radius 3 is 2.55 bits per heavy atom. The molecule has 2 heterocycles. The van der Waals surface area contributed by atoms with Gasteiger partial charge in [0.15, 0.2) is 0 Å². The summed E-state index contributed by atoms with van der Waals surface area (Å²) < 4.78 is 3.95. The second-order valence-corrected chi connectivity index (χ2v) is 5.27. The molecule has 2 aromatic heterocycles. The number of nitrogens with zero attached hydrogens (tertiary/aromatic N) is 3. The summed E-state index contributed by atoms with van der Waals surface area (Å²) in [6.45, 7) is 2.68. The van der Waals surface area contributed by atoms with E-state index in [1.54, 1.807) is 12.5 Å². The number of amides is 1. The van der Waals surface area contributed by atoms with Crippen molar-refractivity contribution in [3.63, 3.8) is 0 Å². The molecule has 0 aliphatic rings. The molecule has 5 nitrogen and oxygen atoms in total. The predicted molar refractivity (Wildman–Crippen MR) is 84.9 cm³/mol. The lowest BCUT2D eigenvalue weighted by Crippen LogP contribution is -2.35. The van der Waals surface area contributed by atoms with Crippen molar-refractivity contribution < 1.29 is 4.79 Å². The zero-order valence-electron chi connectivity index (χ0n) is 12.4. The van der Waals surface area contributed by atoms with Gasteiger partial charge >= 0.3 is 0 Å². The Morgan fingerprint density at radius 2 is 1.91 bits per heavy atom. The first-order valence-electron chi connectivity index (χ1n) is 7.22. The fourth-order valence-electron chi connectivity index (χ4n) is 2.36. The minimum Gasteiger partial charge on any atom is -0.348 e. The number of nitrogens with one attached hydrogen (secondary N) is 1. The molecule has 3 rings (SSSR count). The van der Waals surface area contributed by atoms with Gasteiger partial charge in [0, 0.05) is 48.6 Å². The van der Waals surface area contributed by atoms with Crippen molar-refractivity contribution in [1.82, 2.24) is 19.4 Å². The van der Waals surface area contributed by atoms with E-state index in [4.69, 9.17) is 0 Å². The predicted octanol–water partition coefficient (Wildman–Crippen LogP) is 2.49. The molecule has 22 heavy (non-hydrogen) atoms. The van der Waals surface area contributed by atoms with Crippen LogP contribution in [0.3, 0.4) is 0 Å². The van der Waals surface area contributed by atoms with E-state index < -0.39 is 0 Å². The van der Waals surface area contributed by atoms with E-state index in [0.717, 1.165) is 5.69 Å². The van der Waals surface area contributed by atoms with Gasteiger partial charge in [0.25, 0.3) is 5.91 Å². The van der Waals surface area contributed by atoms with Crippen LogP contribution in [0, 0.1) is 0 Å². The zero-order chi connectivity index (χ0) is 15.4. The summed E-state index contributed by atoms with van der Waals surface area (Å²) in [5, 5.41) is 2.99. The number of aromatic nitrogens is 3. The highest BCUT2D eigenvalue weighted by molar-refractivity contribution is 5.94. The van der Waals surface area contributed by atoms with Crippen molar-refractivity contribution in [2.24, 2.45) is 0 Å². The Morgan fingerprint density at radius 1 is 1.18 bits per heavy atom. The molecule has 5 heteroatoms. The molecule has 0 spiro atoms. The fraction of sp³-hybridized carbons (Fsp3) is 0.176. The minimum atomic E-state index is -0.0633. The van der Waals surface area contributed by atoms with Crippen LogP contribution in [-0.2, 0) is 6.54 Å². The van der Waals surface area contributed by atoms with Gasteiger partial charge in [-0.05, 0) is 43.3 Å². The maximum absolute atomic E-state index is 12.2. The van der Waals surface area contributed by atoms with Gasteiger partial charge < -0.3 is 14.5 Å². The monoisotopic (exact) mass is 294 g/mol. The molecule has 0 aliphatic heterocycles. The maximum atomic E-state index is 12.2. The average molecular weight is 294 g/mol. The van der Waals surface area contributed by atoms with Gasteiger partial charge in [-0.25, -0.2) is 4.98 Å². The normalized spacial score (nSPS) is 12.0. The number of hydrogen-bond donors (Lipinski definition) is 1. The number of carbonyl (C=O) groups is 1. The SMILES string of the molecule is C[C@H](Cn1ccnc1)NC(=O)c1ccc(-n2cccc2)cc1. The smallest absolute Gasteiger partial charge is 0.251 e. The number of carbonyl (C=O) groups excluding carboxylic acids is 1. The third-order valence-electron chi connectivity index (χ3n) is 3.45. The van der Waals surface area contributed by atoms with Crippen LogP contribution >= 0.6 is 0 Å². The Hall–Kier alpha value is -2.82. The highest BCUT2D eigenvalue weighted by Crippen LogP contribution is 2.10. The molecule has 3 aromatic rings. The van der Waals surface area contributed by atoms with Crippen LogP contribution in [0.4, 0.5) is 0 Å². The molecular weight excluding hydrogens is 276 g/mol. The van der Waals surface area contributed by atoms with Gasteiger partial charge in [-0.2, -0.15) is 0 Å². The van der Waals surface area contributed by atoms with Crippen LogP contribution in [-0.4, -0.2) is 26.1 Å². The number of rotatable bonds is 5. The molecule has 0 unspecified atom stereocenters. The van der Waals surface area contributed by atoms with E-state index in [2.05, 4.69) is 10.3 Å². The summed E-state index contributed by atoms with van der Waals surface area (Å²) in [5.74, 6) is -0.0633. The van der Waals surface area contributed by atoms with Crippen LogP contribution in [0.5, 0.6) is 0 Å². The van der Waals surface area contributed by atoms with Crippen molar-refractivity contribution in [3.05, 3.63) is 73.1 Å². The molecule has 0 fully saturated rings. The van der Waals surface area contributed by atoms with Crippen LogP contribution in [0.15, 0.2) is 67.5 Å². The number of imidazole rings is 1. The summed E-state index contributed by atoms with van der Waals surface area (Å²) in [6, 6.07) is 11.5. The van der Waals surface area contributed by atoms with Crippen LogP contribution < -0.4 is 5.32 Å². The lowest BCUT2D eigenvalue weighted by Gasteiger charge is -2.14. The van der Waals surface area contributed by atoms with Gasteiger partial charge in [-0.15, -0.1) is 0 Å². The van der Waals surface area contributed by atoms with Crippen molar-refractivity contribution >= 4 is 5.91 Å². The van der Waals surface area contributed by atoms with Gasteiger partial charge in [0.2, 0.25) is 0 Å². The largest absolute Gasteiger partial charge is 0.348 e. The molecule has 0 aliphatic carbocycles. The Balaban J connectivity index is 1.62. The first kappa shape index (κ1) is 14.1. The van der Waals surface area contributed by atoms with Gasteiger partial charge in [-0.1, -0.05) is 0 Å². The summed E-state index contributed by atoms with van der Waals surface area (Å²) >= 11 is 0. The molecule has 1 atom stereocenters. The maximum Gasteiger partial charge on any atom is 0.251 e. The molecule has 112 valence electrons. The molecular formula is C17H18N4O. The molecule has 1 N–H and O–H groups in total. The topological polar surface area (TPSA) is 51.9 Å². The van der Waals surface area contributed by atoms with E-state index in [9.17, 15) is 4.79 Å². The third-order valence-corrected chi connectivity index (χ3v) is 3.45. The first-order valence-corrected chi connectivity index (χ1v) is 7.22. The molecule has 0 radical (unpaired) electrons. The van der Waals surface area contributed by atoms with E-state index in [0.29, 0.717) is 12.1 Å². The second kappa shape index (κ2) is 6.30. The van der Waals surface area contributed by atoms with Gasteiger partial charge in [-0.3, -0.25) is 4.79 Å². The highest BCUT2D eigenvalue weighted by atomic mass is 16.1. The second-order valence-electron chi connectivity index (χ2n) is 5.27. The summed E-state index contributed by atoms with van der Waals surface area (Å²) in [4.78, 5) is 16.2. The number of hydrogen-bond acceptors (Lipinski definition) is 2. The Kier molecular flexibility index (Phi) is 4.05. The molecule has 0 saturated carbocycles. The Labute approximate surface area is 129 Å². The summed E-state index contributed by atoms with van der Waals surface area (Å²) in [7, 11) is 0. The van der Waals surface area contributed by atoms with Crippen molar-refractivity contribution in [2.75, 3.05) is 0 Å². The Bertz CT molecular complexity index is 715. The molecule has 1 amide bonds. The summed E-state index contributed by atoms with van der Waals surface area (Å²) in [5.41, 5.74) is 1.70.